The van der Waals surface area contributed by atoms with Crippen LogP contribution >= 0.6 is 23.4 Å². The molecule has 1 aromatic carbocycles. The van der Waals surface area contributed by atoms with E-state index in [1.807, 2.05) is 13.8 Å². The Hall–Kier alpha value is -2.32. The summed E-state index contributed by atoms with van der Waals surface area (Å²) in [4.78, 5) is 21.3. The van der Waals surface area contributed by atoms with Gasteiger partial charge in [-0.3, -0.25) is 4.79 Å². The monoisotopic (exact) mass is 433 g/mol. The van der Waals surface area contributed by atoms with Gasteiger partial charge in [0.05, 0.1) is 17.9 Å². The first kappa shape index (κ1) is 21.4. The molecule has 154 valence electrons. The number of unbranched alkanes of at least 4 members (excludes halogenated alkanes) is 1. The lowest BCUT2D eigenvalue weighted by Gasteiger charge is -2.09. The van der Waals surface area contributed by atoms with Gasteiger partial charge in [0.15, 0.2) is 0 Å². The van der Waals surface area contributed by atoms with Crippen molar-refractivity contribution in [1.29, 1.82) is 0 Å². The molecule has 0 aliphatic carbocycles. The number of anilines is 1. The van der Waals surface area contributed by atoms with Crippen LogP contribution in [0.2, 0.25) is 5.02 Å². The summed E-state index contributed by atoms with van der Waals surface area (Å²) < 4.78 is 6.88. The molecule has 0 radical (unpaired) electrons. The Morgan fingerprint density at radius 3 is 2.79 bits per heavy atom. The Kier molecular flexibility index (Phi) is 6.97. The van der Waals surface area contributed by atoms with Crippen molar-refractivity contribution in [3.63, 3.8) is 0 Å². The molecule has 0 saturated heterocycles. The first-order valence-corrected chi connectivity index (χ1v) is 10.8. The van der Waals surface area contributed by atoms with Crippen LogP contribution in [0.25, 0.3) is 5.78 Å². The highest BCUT2D eigenvalue weighted by Crippen LogP contribution is 2.27. The lowest BCUT2D eigenvalue weighted by molar-refractivity contribution is -0.113. The molecule has 2 heterocycles. The number of fused-ring (bicyclic) bond motifs is 1. The molecule has 9 heteroatoms. The Morgan fingerprint density at radius 1 is 1.31 bits per heavy atom. The molecule has 0 bridgehead atoms. The van der Waals surface area contributed by atoms with E-state index in [-0.39, 0.29) is 11.7 Å². The van der Waals surface area contributed by atoms with Crippen molar-refractivity contribution in [3.8, 4) is 5.75 Å². The third-order valence-corrected chi connectivity index (χ3v) is 5.71. The predicted molar refractivity (Wildman–Crippen MR) is 116 cm³/mol. The van der Waals surface area contributed by atoms with E-state index in [4.69, 9.17) is 16.3 Å². The van der Waals surface area contributed by atoms with Crippen molar-refractivity contribution in [1.82, 2.24) is 19.6 Å². The van der Waals surface area contributed by atoms with E-state index in [0.717, 1.165) is 30.7 Å². The Morgan fingerprint density at radius 2 is 2.10 bits per heavy atom. The number of hydrogen-bond acceptors (Lipinski definition) is 6. The molecule has 29 heavy (non-hydrogen) atoms. The number of nitrogens with zero attached hydrogens (tertiary/aromatic N) is 4. The lowest BCUT2D eigenvalue weighted by Crippen LogP contribution is -2.14. The lowest BCUT2D eigenvalue weighted by atomic mass is 10.1. The Labute approximate surface area is 179 Å². The molecule has 2 aromatic heterocycles. The largest absolute Gasteiger partial charge is 0.495 e. The average Bonchev–Trinajstić information content (AvgIpc) is 3.09. The van der Waals surface area contributed by atoms with Gasteiger partial charge in [-0.2, -0.15) is 4.98 Å². The number of aromatic nitrogens is 4. The highest BCUT2D eigenvalue weighted by molar-refractivity contribution is 7.99. The number of ether oxygens (including phenoxy) is 1. The van der Waals surface area contributed by atoms with Gasteiger partial charge >= 0.3 is 0 Å². The van der Waals surface area contributed by atoms with Crippen molar-refractivity contribution in [2.24, 2.45) is 0 Å². The zero-order valence-electron chi connectivity index (χ0n) is 17.0. The van der Waals surface area contributed by atoms with Crippen LogP contribution < -0.4 is 10.1 Å². The number of benzene rings is 1. The van der Waals surface area contributed by atoms with Crippen LogP contribution in [0, 0.1) is 13.8 Å². The van der Waals surface area contributed by atoms with E-state index in [2.05, 4.69) is 27.3 Å². The maximum absolute atomic E-state index is 12.3. The van der Waals surface area contributed by atoms with Crippen LogP contribution in [0.3, 0.4) is 0 Å². The summed E-state index contributed by atoms with van der Waals surface area (Å²) in [5.41, 5.74) is 3.87. The summed E-state index contributed by atoms with van der Waals surface area (Å²) in [6.45, 7) is 6.22. The predicted octanol–water partition coefficient (Wildman–Crippen LogP) is 4.48. The number of nitrogens with one attached hydrogen (secondary N) is 1. The highest BCUT2D eigenvalue weighted by Gasteiger charge is 2.14. The van der Waals surface area contributed by atoms with E-state index in [9.17, 15) is 4.79 Å². The molecule has 0 aliphatic rings. The number of aryl methyl sites for hydroxylation is 2. The summed E-state index contributed by atoms with van der Waals surface area (Å²) in [5.74, 6) is 1.13. The van der Waals surface area contributed by atoms with E-state index in [0.29, 0.717) is 27.4 Å². The molecule has 0 aliphatic heterocycles. The maximum atomic E-state index is 12.3. The van der Waals surface area contributed by atoms with Crippen LogP contribution in [0.4, 0.5) is 5.69 Å². The van der Waals surface area contributed by atoms with Gasteiger partial charge in [-0.15, -0.1) is 5.10 Å². The number of halogens is 1. The van der Waals surface area contributed by atoms with Crippen LogP contribution in [-0.4, -0.2) is 38.4 Å². The topological polar surface area (TPSA) is 81.4 Å². The summed E-state index contributed by atoms with van der Waals surface area (Å²) in [7, 11) is 1.54. The summed E-state index contributed by atoms with van der Waals surface area (Å²) in [6, 6.07) is 5.10. The van der Waals surface area contributed by atoms with Gasteiger partial charge in [0.2, 0.25) is 11.1 Å². The molecular weight excluding hydrogens is 410 g/mol. The average molecular weight is 434 g/mol. The second kappa shape index (κ2) is 9.45. The Balaban J connectivity index is 1.68. The van der Waals surface area contributed by atoms with Crippen molar-refractivity contribution in [3.05, 3.63) is 40.2 Å². The number of amides is 1. The smallest absolute Gasteiger partial charge is 0.253 e. The van der Waals surface area contributed by atoms with Crippen LogP contribution in [-0.2, 0) is 11.2 Å². The van der Waals surface area contributed by atoms with Gasteiger partial charge in [0.25, 0.3) is 5.78 Å². The van der Waals surface area contributed by atoms with E-state index in [1.165, 1.54) is 17.3 Å². The highest BCUT2D eigenvalue weighted by atomic mass is 35.5. The van der Waals surface area contributed by atoms with Gasteiger partial charge in [-0.1, -0.05) is 36.7 Å². The molecule has 1 amide bonds. The van der Waals surface area contributed by atoms with Gasteiger partial charge in [0, 0.05) is 17.1 Å². The maximum Gasteiger partial charge on any atom is 0.253 e. The number of carbonyl (C=O) groups excluding carboxylic acids is 1. The zero-order chi connectivity index (χ0) is 21.0. The molecule has 0 fully saturated rings. The quantitative estimate of drug-likeness (QED) is 0.527. The van der Waals surface area contributed by atoms with Crippen molar-refractivity contribution in [2.75, 3.05) is 18.2 Å². The first-order chi connectivity index (χ1) is 13.9. The zero-order valence-corrected chi connectivity index (χ0v) is 18.5. The second-order valence-corrected chi connectivity index (χ2v) is 8.01. The second-order valence-electron chi connectivity index (χ2n) is 6.66. The molecule has 0 saturated carbocycles. The van der Waals surface area contributed by atoms with Gasteiger partial charge in [0.1, 0.15) is 5.75 Å². The fraction of sp³-hybridized carbons (Fsp3) is 0.400. The van der Waals surface area contributed by atoms with Gasteiger partial charge < -0.3 is 10.1 Å². The fourth-order valence-electron chi connectivity index (χ4n) is 3.04. The molecule has 0 spiro atoms. The standard InChI is InChI=1S/C20H24ClN5O2S/c1-5-6-7-15-12(2)22-19-24-20(25-26(19)13(15)3)29-11-18(27)23-14-8-9-17(28-4)16(21)10-14/h8-10H,5-7,11H2,1-4H3,(H,23,27). The number of rotatable bonds is 8. The molecule has 3 aromatic rings. The van der Waals surface area contributed by atoms with Crippen LogP contribution in [0.1, 0.15) is 36.7 Å². The van der Waals surface area contributed by atoms with E-state index in [1.54, 1.807) is 29.8 Å². The number of hydrogen-bond donors (Lipinski definition) is 1. The van der Waals surface area contributed by atoms with E-state index < -0.39 is 0 Å². The molecule has 1 N–H and O–H groups in total. The Bertz CT molecular complexity index is 1040. The van der Waals surface area contributed by atoms with Crippen molar-refractivity contribution < 1.29 is 9.53 Å². The summed E-state index contributed by atoms with van der Waals surface area (Å²) in [5, 5.41) is 8.30. The number of thioether (sulfide) groups is 1. The minimum atomic E-state index is -0.167. The minimum absolute atomic E-state index is 0.167. The third-order valence-electron chi connectivity index (χ3n) is 4.58. The molecular formula is C20H24ClN5O2S. The summed E-state index contributed by atoms with van der Waals surface area (Å²) >= 11 is 7.36. The number of methoxy groups -OCH3 is 1. The normalized spacial score (nSPS) is 11.1. The molecule has 3 rings (SSSR count). The SMILES string of the molecule is CCCCc1c(C)nc2nc(SCC(=O)Nc3ccc(OC)c(Cl)c3)nn2c1C. The number of carbonyl (C=O) groups is 1. The first-order valence-electron chi connectivity index (χ1n) is 9.42. The molecule has 0 atom stereocenters. The van der Waals surface area contributed by atoms with E-state index >= 15 is 0 Å². The van der Waals surface area contributed by atoms with Crippen LogP contribution in [0.5, 0.6) is 5.75 Å². The van der Waals surface area contributed by atoms with Crippen molar-refractivity contribution >= 4 is 40.7 Å². The summed E-state index contributed by atoms with van der Waals surface area (Å²) in [6.07, 6.45) is 3.22. The van der Waals surface area contributed by atoms with Gasteiger partial charge in [-0.25, -0.2) is 9.50 Å². The van der Waals surface area contributed by atoms with Gasteiger partial charge in [-0.05, 0) is 50.5 Å². The third kappa shape index (κ3) is 5.00. The molecule has 0 unspecified atom stereocenters. The van der Waals surface area contributed by atoms with Crippen molar-refractivity contribution in [2.45, 2.75) is 45.2 Å². The fourth-order valence-corrected chi connectivity index (χ4v) is 3.91. The minimum Gasteiger partial charge on any atom is -0.495 e. The molecule has 7 nitrogen and oxygen atoms in total. The van der Waals surface area contributed by atoms with Crippen LogP contribution in [0.15, 0.2) is 23.4 Å².